The Morgan fingerprint density at radius 1 is 1.09 bits per heavy atom. The molecule has 2 atom stereocenters. The summed E-state index contributed by atoms with van der Waals surface area (Å²) < 4.78 is 7.85. The van der Waals surface area contributed by atoms with Gasteiger partial charge in [-0.25, -0.2) is 0 Å². The second-order valence-electron chi connectivity index (χ2n) is 7.95. The summed E-state index contributed by atoms with van der Waals surface area (Å²) in [4.78, 5) is 6.82. The van der Waals surface area contributed by atoms with Crippen molar-refractivity contribution >= 4 is 28.9 Å². The third kappa shape index (κ3) is 3.59. The summed E-state index contributed by atoms with van der Waals surface area (Å²) in [5.74, 6) is 0.862. The van der Waals surface area contributed by atoms with Crippen molar-refractivity contribution in [3.63, 3.8) is 0 Å². The molecule has 7 heteroatoms. The van der Waals surface area contributed by atoms with Gasteiger partial charge in [-0.3, -0.25) is 4.98 Å². The summed E-state index contributed by atoms with van der Waals surface area (Å²) in [6.07, 6.45) is 3.51. The number of hydrogen-bond acceptors (Lipinski definition) is 3. The molecule has 0 amide bonds. The predicted octanol–water partition coefficient (Wildman–Crippen LogP) is 5.91. The molecule has 0 unspecified atom stereocenters. The van der Waals surface area contributed by atoms with Gasteiger partial charge in [0.05, 0.1) is 41.3 Å². The SMILES string of the molecule is Cc1cc([C@H]2[C@@H](c3ccccn3)NC(=S)N2Cc2ccco2)c(C)n1-c1ccccc1Cl. The average Bonchev–Trinajstić information content (AvgIpc) is 3.49. The molecule has 32 heavy (non-hydrogen) atoms. The van der Waals surface area contributed by atoms with Crippen molar-refractivity contribution in [1.29, 1.82) is 0 Å². The van der Waals surface area contributed by atoms with Crippen LogP contribution in [0.25, 0.3) is 5.69 Å². The molecule has 1 aliphatic heterocycles. The van der Waals surface area contributed by atoms with Crippen molar-refractivity contribution in [2.75, 3.05) is 0 Å². The van der Waals surface area contributed by atoms with E-state index in [2.05, 4.69) is 39.7 Å². The van der Waals surface area contributed by atoms with Crippen molar-refractivity contribution in [2.45, 2.75) is 32.5 Å². The predicted molar refractivity (Wildman–Crippen MR) is 130 cm³/mol. The first kappa shape index (κ1) is 20.8. The Bertz CT molecular complexity index is 1250. The summed E-state index contributed by atoms with van der Waals surface area (Å²) in [6.45, 7) is 4.81. The summed E-state index contributed by atoms with van der Waals surface area (Å²) in [7, 11) is 0. The maximum absolute atomic E-state index is 6.56. The molecule has 1 aliphatic rings. The number of benzene rings is 1. The molecule has 0 aliphatic carbocycles. The lowest BCUT2D eigenvalue weighted by Crippen LogP contribution is -2.29. The van der Waals surface area contributed by atoms with E-state index in [0.717, 1.165) is 33.6 Å². The van der Waals surface area contributed by atoms with Crippen LogP contribution >= 0.6 is 23.8 Å². The minimum Gasteiger partial charge on any atom is -0.467 e. The van der Waals surface area contributed by atoms with Crippen molar-refractivity contribution in [3.05, 3.63) is 107 Å². The number of hydrogen-bond donors (Lipinski definition) is 1. The molecule has 1 aromatic carbocycles. The Kier molecular flexibility index (Phi) is 5.49. The van der Waals surface area contributed by atoms with Crippen molar-refractivity contribution in [1.82, 2.24) is 19.8 Å². The zero-order valence-electron chi connectivity index (χ0n) is 17.8. The summed E-state index contributed by atoms with van der Waals surface area (Å²) in [6, 6.07) is 19.8. The van der Waals surface area contributed by atoms with Gasteiger partial charge in [0, 0.05) is 17.6 Å². The molecule has 1 N–H and O–H groups in total. The molecule has 4 heterocycles. The van der Waals surface area contributed by atoms with Crippen LogP contribution < -0.4 is 5.32 Å². The second kappa shape index (κ2) is 8.45. The number of nitrogens with one attached hydrogen (secondary N) is 1. The molecule has 5 nitrogen and oxygen atoms in total. The van der Waals surface area contributed by atoms with Crippen LogP contribution in [0.3, 0.4) is 0 Å². The maximum Gasteiger partial charge on any atom is 0.170 e. The van der Waals surface area contributed by atoms with Gasteiger partial charge in [-0.1, -0.05) is 29.8 Å². The molecule has 3 aromatic heterocycles. The first-order valence-electron chi connectivity index (χ1n) is 10.5. The minimum absolute atomic E-state index is 0.0510. The highest BCUT2D eigenvalue weighted by atomic mass is 35.5. The number of para-hydroxylation sites is 1. The molecule has 5 rings (SSSR count). The van der Waals surface area contributed by atoms with Gasteiger partial charge in [-0.2, -0.15) is 0 Å². The number of rotatable bonds is 5. The zero-order valence-corrected chi connectivity index (χ0v) is 19.4. The van der Waals surface area contributed by atoms with Gasteiger partial charge in [-0.15, -0.1) is 0 Å². The van der Waals surface area contributed by atoms with E-state index in [9.17, 15) is 0 Å². The summed E-state index contributed by atoms with van der Waals surface area (Å²) >= 11 is 12.3. The highest BCUT2D eigenvalue weighted by Crippen LogP contribution is 2.42. The molecular formula is C25H23ClN4OS. The van der Waals surface area contributed by atoms with E-state index in [1.807, 2.05) is 60.8 Å². The summed E-state index contributed by atoms with van der Waals surface area (Å²) in [5.41, 5.74) is 5.33. The first-order chi connectivity index (χ1) is 15.5. The van der Waals surface area contributed by atoms with Crippen LogP contribution in [0.4, 0.5) is 0 Å². The van der Waals surface area contributed by atoms with Crippen molar-refractivity contribution < 1.29 is 4.42 Å². The lowest BCUT2D eigenvalue weighted by atomic mass is 9.96. The molecule has 0 saturated carbocycles. The van der Waals surface area contributed by atoms with Gasteiger partial charge in [0.25, 0.3) is 0 Å². The Morgan fingerprint density at radius 3 is 2.62 bits per heavy atom. The third-order valence-electron chi connectivity index (χ3n) is 5.99. The topological polar surface area (TPSA) is 46.2 Å². The van der Waals surface area contributed by atoms with E-state index >= 15 is 0 Å². The van der Waals surface area contributed by atoms with E-state index in [4.69, 9.17) is 28.2 Å². The third-order valence-corrected chi connectivity index (χ3v) is 6.66. The molecule has 1 fully saturated rings. The number of pyridine rings is 1. The van der Waals surface area contributed by atoms with Crippen LogP contribution in [0.15, 0.2) is 77.5 Å². The largest absolute Gasteiger partial charge is 0.467 e. The summed E-state index contributed by atoms with van der Waals surface area (Å²) in [5, 5.41) is 4.91. The lowest BCUT2D eigenvalue weighted by Gasteiger charge is -2.27. The smallest absolute Gasteiger partial charge is 0.170 e. The van der Waals surface area contributed by atoms with Gasteiger partial charge < -0.3 is 19.2 Å². The quantitative estimate of drug-likeness (QED) is 0.373. The molecule has 162 valence electrons. The highest BCUT2D eigenvalue weighted by molar-refractivity contribution is 7.80. The van der Waals surface area contributed by atoms with Crippen LogP contribution in [-0.4, -0.2) is 19.6 Å². The van der Waals surface area contributed by atoms with Crippen LogP contribution in [-0.2, 0) is 6.54 Å². The number of aromatic nitrogens is 2. The average molecular weight is 463 g/mol. The van der Waals surface area contributed by atoms with E-state index in [-0.39, 0.29) is 12.1 Å². The van der Waals surface area contributed by atoms with Gasteiger partial charge in [-0.05, 0) is 74.1 Å². The molecule has 0 spiro atoms. The lowest BCUT2D eigenvalue weighted by molar-refractivity contribution is 0.286. The Morgan fingerprint density at radius 2 is 1.91 bits per heavy atom. The van der Waals surface area contributed by atoms with Gasteiger partial charge in [0.15, 0.2) is 5.11 Å². The number of aryl methyl sites for hydroxylation is 1. The number of furan rings is 1. The highest BCUT2D eigenvalue weighted by Gasteiger charge is 2.41. The van der Waals surface area contributed by atoms with Crippen molar-refractivity contribution in [3.8, 4) is 5.69 Å². The number of thiocarbonyl (C=S) groups is 1. The molecule has 1 saturated heterocycles. The van der Waals surface area contributed by atoms with Gasteiger partial charge in [0.2, 0.25) is 0 Å². The fourth-order valence-corrected chi connectivity index (χ4v) is 5.10. The van der Waals surface area contributed by atoms with E-state index < -0.39 is 0 Å². The standard InChI is InChI=1S/C25H23ClN4OS/c1-16-14-19(17(2)30(16)22-11-4-3-9-20(22)26)24-23(21-10-5-6-12-27-21)28-25(32)29(24)15-18-8-7-13-31-18/h3-14,23-24H,15H2,1-2H3,(H,28,32)/t23-,24+/m1/s1. The minimum atomic E-state index is -0.0844. The maximum atomic E-state index is 6.56. The zero-order chi connectivity index (χ0) is 22.2. The fraction of sp³-hybridized carbons (Fsp3) is 0.200. The monoisotopic (exact) mass is 462 g/mol. The Hall–Kier alpha value is -3.09. The van der Waals surface area contributed by atoms with Crippen LogP contribution in [0.2, 0.25) is 5.02 Å². The van der Waals surface area contributed by atoms with Crippen LogP contribution in [0.5, 0.6) is 0 Å². The number of halogens is 1. The fourth-order valence-electron chi connectivity index (χ4n) is 4.58. The molecule has 0 bridgehead atoms. The number of nitrogens with zero attached hydrogens (tertiary/aromatic N) is 3. The van der Waals surface area contributed by atoms with E-state index in [1.54, 1.807) is 6.26 Å². The van der Waals surface area contributed by atoms with E-state index in [1.165, 1.54) is 5.56 Å². The Balaban J connectivity index is 1.64. The van der Waals surface area contributed by atoms with Crippen LogP contribution in [0, 0.1) is 13.8 Å². The van der Waals surface area contributed by atoms with Crippen molar-refractivity contribution in [2.24, 2.45) is 0 Å². The van der Waals surface area contributed by atoms with Gasteiger partial charge in [0.1, 0.15) is 5.76 Å². The first-order valence-corrected chi connectivity index (χ1v) is 11.3. The van der Waals surface area contributed by atoms with Gasteiger partial charge >= 0.3 is 0 Å². The van der Waals surface area contributed by atoms with Crippen LogP contribution in [0.1, 0.15) is 40.5 Å². The molecular weight excluding hydrogens is 440 g/mol. The second-order valence-corrected chi connectivity index (χ2v) is 8.74. The Labute approximate surface area is 197 Å². The van der Waals surface area contributed by atoms with E-state index in [0.29, 0.717) is 11.7 Å². The molecule has 4 aromatic rings. The molecule has 0 radical (unpaired) electrons. The normalized spacial score (nSPS) is 18.2.